The standard InChI is InChI=1S/C17H13BrClNO/c18-14-10-12-5-1-2-7-15(12)20-17(14)16(21)9-11-4-3-6-13(19)8-11/h1-8,10,16,21H,9H2. The van der Waals surface area contributed by atoms with Crippen LogP contribution < -0.4 is 0 Å². The molecule has 1 atom stereocenters. The third kappa shape index (κ3) is 3.26. The first kappa shape index (κ1) is 14.5. The van der Waals surface area contributed by atoms with Gasteiger partial charge in [0.1, 0.15) is 6.10 Å². The van der Waals surface area contributed by atoms with Gasteiger partial charge in [0.2, 0.25) is 0 Å². The van der Waals surface area contributed by atoms with E-state index in [0.717, 1.165) is 20.9 Å². The number of aromatic nitrogens is 1. The van der Waals surface area contributed by atoms with Crippen molar-refractivity contribution in [3.63, 3.8) is 0 Å². The maximum atomic E-state index is 10.5. The second-order valence-electron chi connectivity index (χ2n) is 4.90. The molecule has 0 bridgehead atoms. The Labute approximate surface area is 136 Å². The number of aliphatic hydroxyl groups is 1. The van der Waals surface area contributed by atoms with Gasteiger partial charge in [0.15, 0.2) is 0 Å². The molecule has 0 aliphatic carbocycles. The molecule has 2 aromatic carbocycles. The summed E-state index contributed by atoms with van der Waals surface area (Å²) < 4.78 is 0.815. The van der Waals surface area contributed by atoms with Gasteiger partial charge in [0.25, 0.3) is 0 Å². The molecule has 1 aromatic heterocycles. The highest BCUT2D eigenvalue weighted by Gasteiger charge is 2.15. The molecule has 4 heteroatoms. The Hall–Kier alpha value is -1.42. The van der Waals surface area contributed by atoms with Gasteiger partial charge in [0.05, 0.1) is 11.2 Å². The summed E-state index contributed by atoms with van der Waals surface area (Å²) in [4.78, 5) is 4.56. The predicted molar refractivity (Wildman–Crippen MR) is 89.6 cm³/mol. The van der Waals surface area contributed by atoms with Crippen molar-refractivity contribution in [1.29, 1.82) is 0 Å². The van der Waals surface area contributed by atoms with Crippen LogP contribution in [-0.4, -0.2) is 10.1 Å². The lowest BCUT2D eigenvalue weighted by Gasteiger charge is -2.13. The van der Waals surface area contributed by atoms with Crippen LogP contribution in [0.1, 0.15) is 17.4 Å². The molecule has 1 heterocycles. The Morgan fingerprint density at radius 1 is 1.10 bits per heavy atom. The van der Waals surface area contributed by atoms with Crippen molar-refractivity contribution < 1.29 is 5.11 Å². The fourth-order valence-corrected chi connectivity index (χ4v) is 3.14. The summed E-state index contributed by atoms with van der Waals surface area (Å²) in [5, 5.41) is 12.2. The van der Waals surface area contributed by atoms with E-state index < -0.39 is 6.10 Å². The first-order chi connectivity index (χ1) is 10.1. The van der Waals surface area contributed by atoms with Crippen LogP contribution in [0.2, 0.25) is 5.02 Å². The zero-order valence-corrected chi connectivity index (χ0v) is 13.5. The molecule has 0 aliphatic heterocycles. The summed E-state index contributed by atoms with van der Waals surface area (Å²) >= 11 is 9.47. The van der Waals surface area contributed by atoms with Crippen molar-refractivity contribution in [2.75, 3.05) is 0 Å². The van der Waals surface area contributed by atoms with Crippen molar-refractivity contribution in [2.45, 2.75) is 12.5 Å². The number of hydrogen-bond acceptors (Lipinski definition) is 2. The molecule has 0 fully saturated rings. The Balaban J connectivity index is 1.93. The van der Waals surface area contributed by atoms with E-state index in [1.807, 2.05) is 54.6 Å². The molecular weight excluding hydrogens is 350 g/mol. The second kappa shape index (κ2) is 6.14. The van der Waals surface area contributed by atoms with Gasteiger partial charge in [-0.2, -0.15) is 0 Å². The molecule has 3 rings (SSSR count). The van der Waals surface area contributed by atoms with E-state index in [-0.39, 0.29) is 0 Å². The van der Waals surface area contributed by atoms with E-state index in [9.17, 15) is 5.11 Å². The van der Waals surface area contributed by atoms with E-state index in [2.05, 4.69) is 20.9 Å². The normalized spacial score (nSPS) is 12.5. The minimum Gasteiger partial charge on any atom is -0.386 e. The number of para-hydroxylation sites is 1. The van der Waals surface area contributed by atoms with Gasteiger partial charge >= 0.3 is 0 Å². The van der Waals surface area contributed by atoms with Gasteiger partial charge < -0.3 is 5.11 Å². The Bertz CT molecular complexity index is 791. The third-order valence-corrected chi connectivity index (χ3v) is 4.21. The van der Waals surface area contributed by atoms with Gasteiger partial charge in [-0.05, 0) is 45.8 Å². The topological polar surface area (TPSA) is 33.1 Å². The molecule has 21 heavy (non-hydrogen) atoms. The van der Waals surface area contributed by atoms with Crippen molar-refractivity contribution in [2.24, 2.45) is 0 Å². The number of benzene rings is 2. The first-order valence-corrected chi connectivity index (χ1v) is 7.78. The fraction of sp³-hybridized carbons (Fsp3) is 0.118. The lowest BCUT2D eigenvalue weighted by molar-refractivity contribution is 0.173. The predicted octanol–water partition coefficient (Wildman–Crippen LogP) is 4.93. The van der Waals surface area contributed by atoms with Gasteiger partial charge in [-0.3, -0.25) is 0 Å². The highest BCUT2D eigenvalue weighted by molar-refractivity contribution is 9.10. The van der Waals surface area contributed by atoms with Crippen molar-refractivity contribution in [1.82, 2.24) is 4.98 Å². The molecule has 0 amide bonds. The molecule has 106 valence electrons. The minimum atomic E-state index is -0.678. The monoisotopic (exact) mass is 361 g/mol. The number of fused-ring (bicyclic) bond motifs is 1. The van der Waals surface area contributed by atoms with Gasteiger partial charge in [-0.25, -0.2) is 4.98 Å². The highest BCUT2D eigenvalue weighted by Crippen LogP contribution is 2.28. The third-order valence-electron chi connectivity index (χ3n) is 3.34. The Kier molecular flexibility index (Phi) is 4.24. The maximum Gasteiger partial charge on any atom is 0.101 e. The van der Waals surface area contributed by atoms with Crippen LogP contribution in [0.15, 0.2) is 59.1 Å². The van der Waals surface area contributed by atoms with E-state index in [1.54, 1.807) is 0 Å². The zero-order valence-electron chi connectivity index (χ0n) is 11.1. The van der Waals surface area contributed by atoms with E-state index in [4.69, 9.17) is 11.6 Å². The lowest BCUT2D eigenvalue weighted by atomic mass is 10.0. The van der Waals surface area contributed by atoms with Gasteiger partial charge in [0, 0.05) is 21.3 Å². The molecule has 0 spiro atoms. The molecule has 2 nitrogen and oxygen atoms in total. The summed E-state index contributed by atoms with van der Waals surface area (Å²) in [5.41, 5.74) is 2.51. The summed E-state index contributed by atoms with van der Waals surface area (Å²) in [6.45, 7) is 0. The Morgan fingerprint density at radius 2 is 1.90 bits per heavy atom. The second-order valence-corrected chi connectivity index (χ2v) is 6.19. The number of pyridine rings is 1. The number of rotatable bonds is 3. The fourth-order valence-electron chi connectivity index (χ4n) is 2.32. The smallest absolute Gasteiger partial charge is 0.101 e. The van der Waals surface area contributed by atoms with E-state index in [1.165, 1.54) is 0 Å². The lowest BCUT2D eigenvalue weighted by Crippen LogP contribution is -2.05. The highest BCUT2D eigenvalue weighted by atomic mass is 79.9. The van der Waals surface area contributed by atoms with Crippen molar-refractivity contribution >= 4 is 38.4 Å². The Morgan fingerprint density at radius 3 is 2.71 bits per heavy atom. The van der Waals surface area contributed by atoms with E-state index >= 15 is 0 Å². The minimum absolute atomic E-state index is 0.477. The zero-order chi connectivity index (χ0) is 14.8. The number of aliphatic hydroxyl groups excluding tert-OH is 1. The molecule has 0 aliphatic rings. The largest absolute Gasteiger partial charge is 0.386 e. The average Bonchev–Trinajstić information content (AvgIpc) is 2.46. The van der Waals surface area contributed by atoms with Crippen LogP contribution in [0.25, 0.3) is 10.9 Å². The summed E-state index contributed by atoms with van der Waals surface area (Å²) in [6, 6.07) is 17.4. The van der Waals surface area contributed by atoms with Crippen LogP contribution in [0.3, 0.4) is 0 Å². The summed E-state index contributed by atoms with van der Waals surface area (Å²) in [7, 11) is 0. The average molecular weight is 363 g/mol. The van der Waals surface area contributed by atoms with Crippen molar-refractivity contribution in [3.05, 3.63) is 75.4 Å². The number of hydrogen-bond donors (Lipinski definition) is 1. The van der Waals surface area contributed by atoms with Crippen LogP contribution in [0, 0.1) is 0 Å². The van der Waals surface area contributed by atoms with E-state index in [0.29, 0.717) is 17.1 Å². The van der Waals surface area contributed by atoms with Gasteiger partial charge in [-0.15, -0.1) is 0 Å². The maximum absolute atomic E-state index is 10.5. The first-order valence-electron chi connectivity index (χ1n) is 6.61. The SMILES string of the molecule is OC(Cc1cccc(Cl)c1)c1nc2ccccc2cc1Br. The summed E-state index contributed by atoms with van der Waals surface area (Å²) in [6.07, 6.45) is -0.202. The number of nitrogens with zero attached hydrogens (tertiary/aromatic N) is 1. The number of halogens is 2. The summed E-state index contributed by atoms with van der Waals surface area (Å²) in [5.74, 6) is 0. The molecule has 3 aromatic rings. The molecule has 0 saturated carbocycles. The van der Waals surface area contributed by atoms with Crippen LogP contribution in [0.5, 0.6) is 0 Å². The molecule has 1 N–H and O–H groups in total. The van der Waals surface area contributed by atoms with Crippen LogP contribution >= 0.6 is 27.5 Å². The molecular formula is C17H13BrClNO. The van der Waals surface area contributed by atoms with Gasteiger partial charge in [-0.1, -0.05) is 41.9 Å². The molecule has 1 unspecified atom stereocenters. The molecule has 0 saturated heterocycles. The van der Waals surface area contributed by atoms with Crippen LogP contribution in [-0.2, 0) is 6.42 Å². The molecule has 0 radical (unpaired) electrons. The van der Waals surface area contributed by atoms with Crippen LogP contribution in [0.4, 0.5) is 0 Å². The quantitative estimate of drug-likeness (QED) is 0.717. The van der Waals surface area contributed by atoms with Crippen molar-refractivity contribution in [3.8, 4) is 0 Å².